The SMILES string of the molecule is CCOC(=O)CCCC(=O)NN1CCN(c2ccccc2)CC1. The summed E-state index contributed by atoms with van der Waals surface area (Å²) in [5.41, 5.74) is 4.13. The van der Waals surface area contributed by atoms with Gasteiger partial charge >= 0.3 is 5.97 Å². The van der Waals surface area contributed by atoms with Crippen LogP contribution in [0.25, 0.3) is 0 Å². The Morgan fingerprint density at radius 2 is 1.78 bits per heavy atom. The zero-order chi connectivity index (χ0) is 16.5. The molecular weight excluding hydrogens is 294 g/mol. The molecule has 1 heterocycles. The first-order chi connectivity index (χ1) is 11.2. The number of benzene rings is 1. The Labute approximate surface area is 137 Å². The second-order valence-corrected chi connectivity index (χ2v) is 5.50. The van der Waals surface area contributed by atoms with Gasteiger partial charge in [0.2, 0.25) is 5.91 Å². The Morgan fingerprint density at radius 1 is 1.09 bits per heavy atom. The molecule has 0 aliphatic carbocycles. The number of nitrogens with zero attached hydrogens (tertiary/aromatic N) is 2. The highest BCUT2D eigenvalue weighted by molar-refractivity contribution is 5.76. The number of amides is 1. The van der Waals surface area contributed by atoms with E-state index in [2.05, 4.69) is 22.5 Å². The first-order valence-electron chi connectivity index (χ1n) is 8.19. The number of hydrogen-bond donors (Lipinski definition) is 1. The van der Waals surface area contributed by atoms with Gasteiger partial charge in [-0.15, -0.1) is 0 Å². The second kappa shape index (κ2) is 9.15. The number of piperazine rings is 1. The van der Waals surface area contributed by atoms with Crippen molar-refractivity contribution in [2.75, 3.05) is 37.7 Å². The zero-order valence-corrected chi connectivity index (χ0v) is 13.7. The summed E-state index contributed by atoms with van der Waals surface area (Å²) in [6.45, 7) is 5.51. The van der Waals surface area contributed by atoms with Crippen molar-refractivity contribution in [3.8, 4) is 0 Å². The van der Waals surface area contributed by atoms with Gasteiger partial charge in [0, 0.05) is 44.7 Å². The number of esters is 1. The topological polar surface area (TPSA) is 61.9 Å². The lowest BCUT2D eigenvalue weighted by molar-refractivity contribution is -0.143. The Morgan fingerprint density at radius 3 is 2.43 bits per heavy atom. The lowest BCUT2D eigenvalue weighted by atomic mass is 10.2. The van der Waals surface area contributed by atoms with E-state index in [4.69, 9.17) is 4.74 Å². The van der Waals surface area contributed by atoms with Crippen LogP contribution in [0, 0.1) is 0 Å². The van der Waals surface area contributed by atoms with Gasteiger partial charge in [0.15, 0.2) is 0 Å². The minimum atomic E-state index is -0.239. The Bertz CT molecular complexity index is 499. The molecule has 0 spiro atoms. The predicted octanol–water partition coefficient (Wildman–Crippen LogP) is 1.57. The van der Waals surface area contributed by atoms with E-state index in [-0.39, 0.29) is 11.9 Å². The number of hydrazine groups is 1. The number of carbonyl (C=O) groups is 2. The van der Waals surface area contributed by atoms with Crippen LogP contribution < -0.4 is 10.3 Å². The van der Waals surface area contributed by atoms with E-state index in [1.165, 1.54) is 5.69 Å². The average molecular weight is 319 g/mol. The van der Waals surface area contributed by atoms with Gasteiger partial charge in [0.25, 0.3) is 0 Å². The van der Waals surface area contributed by atoms with Gasteiger partial charge in [-0.2, -0.15) is 0 Å². The van der Waals surface area contributed by atoms with E-state index in [0.29, 0.717) is 25.9 Å². The molecule has 1 fully saturated rings. The smallest absolute Gasteiger partial charge is 0.305 e. The van der Waals surface area contributed by atoms with E-state index < -0.39 is 0 Å². The molecular formula is C17H25N3O3. The summed E-state index contributed by atoms with van der Waals surface area (Å²) in [6, 6.07) is 10.3. The van der Waals surface area contributed by atoms with E-state index in [1.807, 2.05) is 23.2 Å². The molecule has 1 aliphatic rings. The summed E-state index contributed by atoms with van der Waals surface area (Å²) >= 11 is 0. The van der Waals surface area contributed by atoms with Crippen molar-refractivity contribution in [2.45, 2.75) is 26.2 Å². The van der Waals surface area contributed by atoms with Crippen LogP contribution >= 0.6 is 0 Å². The van der Waals surface area contributed by atoms with Crippen LogP contribution in [0.4, 0.5) is 5.69 Å². The molecule has 0 bridgehead atoms. The van der Waals surface area contributed by atoms with Gasteiger partial charge in [-0.05, 0) is 25.5 Å². The summed E-state index contributed by atoms with van der Waals surface area (Å²) < 4.78 is 4.84. The van der Waals surface area contributed by atoms with Crippen LogP contribution in [0.5, 0.6) is 0 Å². The minimum Gasteiger partial charge on any atom is -0.466 e. The van der Waals surface area contributed by atoms with Crippen molar-refractivity contribution in [2.24, 2.45) is 0 Å². The summed E-state index contributed by atoms with van der Waals surface area (Å²) in [4.78, 5) is 25.4. The molecule has 1 saturated heterocycles. The van der Waals surface area contributed by atoms with E-state index in [9.17, 15) is 9.59 Å². The van der Waals surface area contributed by atoms with Crippen LogP contribution in [0.3, 0.4) is 0 Å². The molecule has 23 heavy (non-hydrogen) atoms. The van der Waals surface area contributed by atoms with Crippen molar-refractivity contribution in [1.82, 2.24) is 10.4 Å². The highest BCUT2D eigenvalue weighted by Gasteiger charge is 2.18. The van der Waals surface area contributed by atoms with Gasteiger partial charge in [-0.25, -0.2) is 5.01 Å². The monoisotopic (exact) mass is 319 g/mol. The average Bonchev–Trinajstić information content (AvgIpc) is 2.56. The minimum absolute atomic E-state index is 0.0394. The van der Waals surface area contributed by atoms with Gasteiger partial charge in [-0.1, -0.05) is 18.2 Å². The maximum atomic E-state index is 11.9. The molecule has 126 valence electrons. The molecule has 0 atom stereocenters. The third-order valence-electron chi connectivity index (χ3n) is 3.77. The second-order valence-electron chi connectivity index (χ2n) is 5.50. The first-order valence-corrected chi connectivity index (χ1v) is 8.19. The van der Waals surface area contributed by atoms with Gasteiger partial charge < -0.3 is 9.64 Å². The summed E-state index contributed by atoms with van der Waals surface area (Å²) in [5.74, 6) is -0.278. The number of carbonyl (C=O) groups excluding carboxylic acids is 2. The molecule has 6 nitrogen and oxygen atoms in total. The number of ether oxygens (including phenoxy) is 1. The summed E-state index contributed by atoms with van der Waals surface area (Å²) in [7, 11) is 0. The molecule has 2 rings (SSSR count). The molecule has 1 N–H and O–H groups in total. The third kappa shape index (κ3) is 5.90. The quantitative estimate of drug-likeness (QED) is 0.773. The number of nitrogens with one attached hydrogen (secondary N) is 1. The Hall–Kier alpha value is -2.08. The van der Waals surface area contributed by atoms with Crippen molar-refractivity contribution in [3.63, 3.8) is 0 Å². The van der Waals surface area contributed by atoms with Crippen LogP contribution in [0.15, 0.2) is 30.3 Å². The Balaban J connectivity index is 1.64. The van der Waals surface area contributed by atoms with Gasteiger partial charge in [0.05, 0.1) is 6.61 Å². The third-order valence-corrected chi connectivity index (χ3v) is 3.77. The molecule has 0 saturated carbocycles. The highest BCUT2D eigenvalue weighted by Crippen LogP contribution is 2.14. The van der Waals surface area contributed by atoms with E-state index in [0.717, 1.165) is 26.2 Å². The largest absolute Gasteiger partial charge is 0.466 e. The lowest BCUT2D eigenvalue weighted by Crippen LogP contribution is -2.53. The molecule has 1 aliphatic heterocycles. The highest BCUT2D eigenvalue weighted by atomic mass is 16.5. The number of hydrogen-bond acceptors (Lipinski definition) is 5. The number of rotatable bonds is 7. The van der Waals surface area contributed by atoms with Crippen molar-refractivity contribution < 1.29 is 14.3 Å². The molecule has 1 amide bonds. The van der Waals surface area contributed by atoms with Crippen molar-refractivity contribution in [3.05, 3.63) is 30.3 Å². The number of anilines is 1. The van der Waals surface area contributed by atoms with Crippen molar-refractivity contribution >= 4 is 17.6 Å². The fraction of sp³-hybridized carbons (Fsp3) is 0.529. The summed E-state index contributed by atoms with van der Waals surface area (Å²) in [5, 5.41) is 1.95. The number of para-hydroxylation sites is 1. The van der Waals surface area contributed by atoms with Gasteiger partial charge in [-0.3, -0.25) is 15.0 Å². The molecule has 0 unspecified atom stereocenters. The van der Waals surface area contributed by atoms with Crippen LogP contribution in [0.2, 0.25) is 0 Å². The van der Waals surface area contributed by atoms with Crippen LogP contribution in [-0.2, 0) is 14.3 Å². The normalized spacial score (nSPS) is 15.3. The van der Waals surface area contributed by atoms with Crippen molar-refractivity contribution in [1.29, 1.82) is 0 Å². The standard InChI is InChI=1S/C17H25N3O3/c1-2-23-17(22)10-6-9-16(21)18-20-13-11-19(12-14-20)15-7-4-3-5-8-15/h3-5,7-8H,2,6,9-14H2,1H3,(H,18,21). The van der Waals surface area contributed by atoms with E-state index in [1.54, 1.807) is 6.92 Å². The van der Waals surface area contributed by atoms with Crippen LogP contribution in [0.1, 0.15) is 26.2 Å². The maximum Gasteiger partial charge on any atom is 0.305 e. The fourth-order valence-corrected chi connectivity index (χ4v) is 2.57. The molecule has 1 aromatic carbocycles. The maximum absolute atomic E-state index is 11.9. The summed E-state index contributed by atoms with van der Waals surface area (Å²) in [6.07, 6.45) is 1.16. The predicted molar refractivity (Wildman–Crippen MR) is 88.9 cm³/mol. The molecule has 6 heteroatoms. The zero-order valence-electron chi connectivity index (χ0n) is 13.7. The Kier molecular flexibility index (Phi) is 6.87. The van der Waals surface area contributed by atoms with Crippen LogP contribution in [-0.4, -0.2) is 49.7 Å². The molecule has 0 radical (unpaired) electrons. The van der Waals surface area contributed by atoms with E-state index >= 15 is 0 Å². The molecule has 0 aromatic heterocycles. The lowest BCUT2D eigenvalue weighted by Gasteiger charge is -2.36. The fourth-order valence-electron chi connectivity index (χ4n) is 2.57. The first kappa shape index (κ1) is 17.3. The van der Waals surface area contributed by atoms with Gasteiger partial charge in [0.1, 0.15) is 0 Å². The molecule has 1 aromatic rings.